The van der Waals surface area contributed by atoms with Gasteiger partial charge in [-0.15, -0.1) is 0 Å². The van der Waals surface area contributed by atoms with E-state index >= 15 is 0 Å². The van der Waals surface area contributed by atoms with E-state index in [2.05, 4.69) is 19.2 Å². The van der Waals surface area contributed by atoms with Crippen LogP contribution in [0.15, 0.2) is 0 Å². The summed E-state index contributed by atoms with van der Waals surface area (Å²) in [4.78, 5) is 11.1. The maximum Gasteiger partial charge on any atom is 0.320 e. The van der Waals surface area contributed by atoms with Crippen LogP contribution in [0.4, 0.5) is 0 Å². The first-order valence-corrected chi connectivity index (χ1v) is 7.55. The van der Waals surface area contributed by atoms with Crippen molar-refractivity contribution in [1.29, 1.82) is 0 Å². The maximum atomic E-state index is 11.1. The first-order valence-electron chi connectivity index (χ1n) is 7.55. The number of hydrogen-bond donors (Lipinski definition) is 2. The molecule has 1 aliphatic carbocycles. The minimum Gasteiger partial charge on any atom is -0.480 e. The Balaban J connectivity index is 2.22. The van der Waals surface area contributed by atoms with Crippen LogP contribution in [0.25, 0.3) is 0 Å². The molecule has 0 saturated heterocycles. The summed E-state index contributed by atoms with van der Waals surface area (Å²) in [6, 6.07) is -0.365. The van der Waals surface area contributed by atoms with Gasteiger partial charge in [-0.3, -0.25) is 4.79 Å². The van der Waals surface area contributed by atoms with Gasteiger partial charge in [0.15, 0.2) is 0 Å². The van der Waals surface area contributed by atoms with Crippen molar-refractivity contribution in [2.45, 2.75) is 71.3 Å². The quantitative estimate of drug-likeness (QED) is 0.685. The molecule has 3 heteroatoms. The zero-order chi connectivity index (χ0) is 13.4. The molecule has 0 spiro atoms. The lowest BCUT2D eigenvalue weighted by atomic mass is 9.96. The van der Waals surface area contributed by atoms with Crippen molar-refractivity contribution < 1.29 is 9.90 Å². The number of carbonyl (C=O) groups is 1. The summed E-state index contributed by atoms with van der Waals surface area (Å²) in [5, 5.41) is 12.4. The van der Waals surface area contributed by atoms with E-state index in [1.807, 2.05) is 0 Å². The van der Waals surface area contributed by atoms with Gasteiger partial charge in [0.25, 0.3) is 0 Å². The van der Waals surface area contributed by atoms with Crippen molar-refractivity contribution in [3.05, 3.63) is 0 Å². The molecule has 1 atom stereocenters. The first-order chi connectivity index (χ1) is 8.59. The van der Waals surface area contributed by atoms with E-state index in [4.69, 9.17) is 5.11 Å². The molecular formula is C15H29NO2. The van der Waals surface area contributed by atoms with Gasteiger partial charge in [0, 0.05) is 0 Å². The highest BCUT2D eigenvalue weighted by molar-refractivity contribution is 5.73. The third-order valence-corrected chi connectivity index (χ3v) is 3.92. The maximum absolute atomic E-state index is 11.1. The molecule has 1 saturated carbocycles. The molecule has 1 rings (SSSR count). The molecule has 2 N–H and O–H groups in total. The fourth-order valence-corrected chi connectivity index (χ4v) is 2.86. The molecular weight excluding hydrogens is 226 g/mol. The van der Waals surface area contributed by atoms with Crippen LogP contribution >= 0.6 is 0 Å². The van der Waals surface area contributed by atoms with Crippen LogP contribution in [0.5, 0.6) is 0 Å². The smallest absolute Gasteiger partial charge is 0.320 e. The summed E-state index contributed by atoms with van der Waals surface area (Å²) in [5.41, 5.74) is 0. The molecule has 1 aliphatic rings. The summed E-state index contributed by atoms with van der Waals surface area (Å²) in [5.74, 6) is 0.537. The van der Waals surface area contributed by atoms with E-state index in [0.717, 1.165) is 25.3 Å². The second-order valence-corrected chi connectivity index (χ2v) is 6.12. The summed E-state index contributed by atoms with van der Waals surface area (Å²) in [7, 11) is 0. The van der Waals surface area contributed by atoms with Crippen molar-refractivity contribution in [3.8, 4) is 0 Å². The number of aliphatic carboxylic acids is 1. The Morgan fingerprint density at radius 2 is 1.83 bits per heavy atom. The van der Waals surface area contributed by atoms with Gasteiger partial charge in [-0.2, -0.15) is 0 Å². The first kappa shape index (κ1) is 15.5. The SMILES string of the molecule is CC(C)C[C@H](NCCC1CCCCCC1)C(=O)O. The summed E-state index contributed by atoms with van der Waals surface area (Å²) in [6.07, 6.45) is 10.0. The van der Waals surface area contributed by atoms with Gasteiger partial charge in [-0.25, -0.2) is 0 Å². The number of nitrogens with one attached hydrogen (secondary N) is 1. The van der Waals surface area contributed by atoms with Crippen LogP contribution in [0.3, 0.4) is 0 Å². The van der Waals surface area contributed by atoms with Gasteiger partial charge >= 0.3 is 5.97 Å². The van der Waals surface area contributed by atoms with Gasteiger partial charge in [0.2, 0.25) is 0 Å². The lowest BCUT2D eigenvalue weighted by Crippen LogP contribution is -2.38. The number of carboxylic acids is 1. The van der Waals surface area contributed by atoms with Gasteiger partial charge in [0.05, 0.1) is 0 Å². The summed E-state index contributed by atoms with van der Waals surface area (Å²) in [6.45, 7) is 5.00. The molecule has 0 aromatic heterocycles. The van der Waals surface area contributed by atoms with Gasteiger partial charge in [0.1, 0.15) is 6.04 Å². The molecule has 0 amide bonds. The molecule has 0 aromatic rings. The lowest BCUT2D eigenvalue weighted by Gasteiger charge is -2.19. The highest BCUT2D eigenvalue weighted by Gasteiger charge is 2.19. The Kier molecular flexibility index (Phi) is 7.33. The Morgan fingerprint density at radius 1 is 1.22 bits per heavy atom. The normalized spacial score (nSPS) is 19.7. The zero-order valence-electron chi connectivity index (χ0n) is 12.0. The number of hydrogen-bond acceptors (Lipinski definition) is 2. The van der Waals surface area contributed by atoms with Crippen LogP contribution in [-0.2, 0) is 4.79 Å². The molecule has 0 radical (unpaired) electrons. The molecule has 0 bridgehead atoms. The topological polar surface area (TPSA) is 49.3 Å². The van der Waals surface area contributed by atoms with Crippen LogP contribution in [0, 0.1) is 11.8 Å². The third-order valence-electron chi connectivity index (χ3n) is 3.92. The lowest BCUT2D eigenvalue weighted by molar-refractivity contribution is -0.139. The van der Waals surface area contributed by atoms with Crippen LogP contribution < -0.4 is 5.32 Å². The summed E-state index contributed by atoms with van der Waals surface area (Å²) < 4.78 is 0. The minimum atomic E-state index is -0.704. The monoisotopic (exact) mass is 255 g/mol. The predicted octanol–water partition coefficient (Wildman–Crippen LogP) is 3.44. The molecule has 0 heterocycles. The minimum absolute atomic E-state index is 0.365. The molecule has 0 aromatic carbocycles. The second kappa shape index (κ2) is 8.52. The standard InChI is InChI=1S/C15H29NO2/c1-12(2)11-14(15(17)18)16-10-9-13-7-5-3-4-6-8-13/h12-14,16H,3-11H2,1-2H3,(H,17,18)/t14-/m0/s1. The second-order valence-electron chi connectivity index (χ2n) is 6.12. The highest BCUT2D eigenvalue weighted by Crippen LogP contribution is 2.24. The average molecular weight is 255 g/mol. The molecule has 0 unspecified atom stereocenters. The van der Waals surface area contributed by atoms with Gasteiger partial charge in [-0.1, -0.05) is 52.4 Å². The van der Waals surface area contributed by atoms with E-state index in [1.165, 1.54) is 38.5 Å². The number of carboxylic acid groups (broad SMARTS) is 1. The number of rotatable bonds is 7. The molecule has 18 heavy (non-hydrogen) atoms. The van der Waals surface area contributed by atoms with E-state index in [9.17, 15) is 4.79 Å². The molecule has 1 fully saturated rings. The fourth-order valence-electron chi connectivity index (χ4n) is 2.86. The molecule has 3 nitrogen and oxygen atoms in total. The summed E-state index contributed by atoms with van der Waals surface area (Å²) >= 11 is 0. The van der Waals surface area contributed by atoms with Crippen molar-refractivity contribution >= 4 is 5.97 Å². The van der Waals surface area contributed by atoms with Gasteiger partial charge < -0.3 is 10.4 Å². The van der Waals surface area contributed by atoms with Crippen molar-refractivity contribution in [3.63, 3.8) is 0 Å². The average Bonchev–Trinajstić information content (AvgIpc) is 2.55. The van der Waals surface area contributed by atoms with Crippen LogP contribution in [0.1, 0.15) is 65.2 Å². The Hall–Kier alpha value is -0.570. The third kappa shape index (κ3) is 6.39. The largest absolute Gasteiger partial charge is 0.480 e. The van der Waals surface area contributed by atoms with Crippen molar-refractivity contribution in [1.82, 2.24) is 5.32 Å². The Morgan fingerprint density at radius 3 is 2.33 bits per heavy atom. The predicted molar refractivity (Wildman–Crippen MR) is 74.7 cm³/mol. The van der Waals surface area contributed by atoms with E-state index < -0.39 is 5.97 Å². The zero-order valence-corrected chi connectivity index (χ0v) is 12.0. The molecule has 106 valence electrons. The Bertz CT molecular complexity index is 233. The highest BCUT2D eigenvalue weighted by atomic mass is 16.4. The van der Waals surface area contributed by atoms with E-state index in [0.29, 0.717) is 5.92 Å². The van der Waals surface area contributed by atoms with Crippen LogP contribution in [-0.4, -0.2) is 23.7 Å². The van der Waals surface area contributed by atoms with E-state index in [-0.39, 0.29) is 6.04 Å². The van der Waals surface area contributed by atoms with Crippen molar-refractivity contribution in [2.24, 2.45) is 11.8 Å². The van der Waals surface area contributed by atoms with E-state index in [1.54, 1.807) is 0 Å². The van der Waals surface area contributed by atoms with Crippen LogP contribution in [0.2, 0.25) is 0 Å². The molecule has 0 aliphatic heterocycles. The fraction of sp³-hybridized carbons (Fsp3) is 0.933. The van der Waals surface area contributed by atoms with Crippen molar-refractivity contribution in [2.75, 3.05) is 6.54 Å². The van der Waals surface area contributed by atoms with Gasteiger partial charge in [-0.05, 0) is 31.2 Å². The Labute approximate surface area is 111 Å².